The number of fused-ring (bicyclic) bond motifs is 4. The minimum absolute atomic E-state index is 0.00209. The van der Waals surface area contributed by atoms with Crippen molar-refractivity contribution in [1.29, 1.82) is 0 Å². The molecule has 0 fully saturated rings. The number of carbonyl (C=O) groups excluding carboxylic acids is 1. The molecule has 0 saturated carbocycles. The zero-order chi connectivity index (χ0) is 27.8. The number of halogens is 1. The number of carbonyl (C=O) groups is 2. The van der Waals surface area contributed by atoms with Crippen molar-refractivity contribution < 1.29 is 19.4 Å². The van der Waals surface area contributed by atoms with Gasteiger partial charge in [-0.1, -0.05) is 78.3 Å². The van der Waals surface area contributed by atoms with E-state index in [4.69, 9.17) is 21.3 Å². The van der Waals surface area contributed by atoms with Crippen LogP contribution in [0, 0.1) is 6.92 Å². The monoisotopic (exact) mass is 551 g/mol. The summed E-state index contributed by atoms with van der Waals surface area (Å²) in [4.78, 5) is 30.1. The Balaban J connectivity index is 1.24. The van der Waals surface area contributed by atoms with Crippen molar-refractivity contribution in [2.24, 2.45) is 0 Å². The third-order valence-corrected chi connectivity index (χ3v) is 7.65. The van der Waals surface area contributed by atoms with Gasteiger partial charge in [0.05, 0.1) is 11.4 Å². The van der Waals surface area contributed by atoms with Gasteiger partial charge in [0.1, 0.15) is 18.3 Å². The van der Waals surface area contributed by atoms with E-state index < -0.39 is 18.1 Å². The zero-order valence-electron chi connectivity index (χ0n) is 21.7. The Morgan fingerprint density at radius 2 is 1.62 bits per heavy atom. The van der Waals surface area contributed by atoms with Gasteiger partial charge < -0.3 is 19.6 Å². The van der Waals surface area contributed by atoms with E-state index in [1.807, 2.05) is 78.2 Å². The van der Waals surface area contributed by atoms with Crippen LogP contribution in [0.1, 0.15) is 28.3 Å². The highest BCUT2D eigenvalue weighted by Crippen LogP contribution is 2.44. The first-order valence-corrected chi connectivity index (χ1v) is 13.4. The average Bonchev–Trinajstić information content (AvgIpc) is 3.48. The van der Waals surface area contributed by atoms with E-state index in [-0.39, 0.29) is 18.9 Å². The van der Waals surface area contributed by atoms with Gasteiger partial charge in [0, 0.05) is 29.1 Å². The molecule has 6 rings (SSSR count). The van der Waals surface area contributed by atoms with Crippen molar-refractivity contribution in [1.82, 2.24) is 14.7 Å². The normalized spacial score (nSPS) is 13.1. The number of rotatable bonds is 7. The van der Waals surface area contributed by atoms with E-state index >= 15 is 0 Å². The maximum absolute atomic E-state index is 12.9. The summed E-state index contributed by atoms with van der Waals surface area (Å²) in [5.74, 6) is -1.29. The molecule has 1 unspecified atom stereocenters. The Morgan fingerprint density at radius 3 is 2.27 bits per heavy atom. The number of benzene rings is 3. The van der Waals surface area contributed by atoms with E-state index in [1.54, 1.807) is 12.1 Å². The number of aromatic nitrogens is 2. The highest BCUT2D eigenvalue weighted by molar-refractivity contribution is 6.30. The molecular formula is C32H26ClN3O4. The fraction of sp³-hybridized carbons (Fsp3) is 0.156. The molecule has 0 saturated heterocycles. The number of aryl methyl sites for hydroxylation is 1. The Labute approximate surface area is 236 Å². The molecule has 8 heteroatoms. The van der Waals surface area contributed by atoms with Crippen LogP contribution >= 0.6 is 11.6 Å². The molecule has 2 aromatic heterocycles. The zero-order valence-corrected chi connectivity index (χ0v) is 22.4. The molecule has 5 aromatic rings. The first-order chi connectivity index (χ1) is 19.4. The quantitative estimate of drug-likeness (QED) is 0.241. The van der Waals surface area contributed by atoms with Crippen molar-refractivity contribution in [3.05, 3.63) is 119 Å². The Kier molecular flexibility index (Phi) is 6.74. The summed E-state index contributed by atoms with van der Waals surface area (Å²) in [6.45, 7) is 2.04. The van der Waals surface area contributed by atoms with Gasteiger partial charge in [0.15, 0.2) is 0 Å². The summed E-state index contributed by atoms with van der Waals surface area (Å²) in [7, 11) is 0. The van der Waals surface area contributed by atoms with Gasteiger partial charge in [0.2, 0.25) is 0 Å². The van der Waals surface area contributed by atoms with Crippen molar-refractivity contribution in [2.75, 3.05) is 6.61 Å². The number of nitrogens with one attached hydrogen (secondary N) is 1. The van der Waals surface area contributed by atoms with E-state index in [9.17, 15) is 14.7 Å². The number of ether oxygens (including phenoxy) is 1. The van der Waals surface area contributed by atoms with Crippen LogP contribution in [0.5, 0.6) is 0 Å². The van der Waals surface area contributed by atoms with E-state index in [1.165, 1.54) is 0 Å². The maximum Gasteiger partial charge on any atom is 0.407 e. The van der Waals surface area contributed by atoms with Crippen LogP contribution in [0.15, 0.2) is 91.1 Å². The lowest BCUT2D eigenvalue weighted by molar-refractivity contribution is -0.139. The number of amides is 1. The lowest BCUT2D eigenvalue weighted by atomic mass is 9.98. The van der Waals surface area contributed by atoms with Crippen molar-refractivity contribution >= 4 is 29.3 Å². The molecule has 7 nitrogen and oxygen atoms in total. The summed E-state index contributed by atoms with van der Waals surface area (Å²) < 4.78 is 7.49. The van der Waals surface area contributed by atoms with Crippen LogP contribution in [0.25, 0.3) is 28.0 Å². The second-order valence-electron chi connectivity index (χ2n) is 9.86. The minimum atomic E-state index is -1.23. The summed E-state index contributed by atoms with van der Waals surface area (Å²) in [5.41, 5.74) is 8.15. The summed E-state index contributed by atoms with van der Waals surface area (Å²) in [5, 5.41) is 13.2. The van der Waals surface area contributed by atoms with Crippen molar-refractivity contribution in [3.63, 3.8) is 0 Å². The first kappa shape index (κ1) is 25.6. The van der Waals surface area contributed by atoms with Gasteiger partial charge >= 0.3 is 12.1 Å². The number of alkyl carbamates (subject to hydrolysis) is 1. The van der Waals surface area contributed by atoms with Gasteiger partial charge in [0.25, 0.3) is 0 Å². The maximum atomic E-state index is 12.9. The highest BCUT2D eigenvalue weighted by Gasteiger charge is 2.30. The largest absolute Gasteiger partial charge is 0.480 e. The third kappa shape index (κ3) is 4.69. The van der Waals surface area contributed by atoms with E-state index in [2.05, 4.69) is 17.4 Å². The molecular weight excluding hydrogens is 526 g/mol. The molecule has 1 amide bonds. The van der Waals surface area contributed by atoms with Crippen LogP contribution < -0.4 is 5.32 Å². The summed E-state index contributed by atoms with van der Waals surface area (Å²) >= 11 is 6.09. The highest BCUT2D eigenvalue weighted by atomic mass is 35.5. The fourth-order valence-corrected chi connectivity index (χ4v) is 5.59. The van der Waals surface area contributed by atoms with Crippen LogP contribution in [0.4, 0.5) is 4.79 Å². The van der Waals surface area contributed by atoms with E-state index in [0.29, 0.717) is 22.1 Å². The van der Waals surface area contributed by atoms with Gasteiger partial charge in [-0.3, -0.25) is 0 Å². The number of carboxylic acid groups (broad SMARTS) is 1. The Bertz CT molecular complexity index is 1700. The Morgan fingerprint density at radius 1 is 0.975 bits per heavy atom. The number of hydrogen-bond acceptors (Lipinski definition) is 4. The second kappa shape index (κ2) is 10.5. The minimum Gasteiger partial charge on any atom is -0.480 e. The number of pyridine rings is 1. The van der Waals surface area contributed by atoms with Crippen molar-refractivity contribution in [2.45, 2.75) is 25.3 Å². The van der Waals surface area contributed by atoms with Gasteiger partial charge in [-0.15, -0.1) is 0 Å². The average molecular weight is 552 g/mol. The topological polar surface area (TPSA) is 92.9 Å². The van der Waals surface area contributed by atoms with Gasteiger partial charge in [-0.2, -0.15) is 0 Å². The predicted octanol–water partition coefficient (Wildman–Crippen LogP) is 6.50. The molecule has 1 aliphatic rings. The van der Waals surface area contributed by atoms with Crippen LogP contribution in [-0.4, -0.2) is 39.2 Å². The van der Waals surface area contributed by atoms with Crippen LogP contribution in [0.2, 0.25) is 5.02 Å². The number of carboxylic acids is 1. The molecule has 40 heavy (non-hydrogen) atoms. The molecule has 0 aliphatic heterocycles. The molecule has 200 valence electrons. The number of hydrogen-bond donors (Lipinski definition) is 2. The number of nitrogens with zero attached hydrogens (tertiary/aromatic N) is 2. The molecule has 2 N–H and O–H groups in total. The van der Waals surface area contributed by atoms with Gasteiger partial charge in [-0.05, 0) is 52.9 Å². The molecule has 1 aliphatic carbocycles. The smallest absolute Gasteiger partial charge is 0.407 e. The van der Waals surface area contributed by atoms with Crippen LogP contribution in [0.3, 0.4) is 0 Å². The Hall–Kier alpha value is -4.62. The van der Waals surface area contributed by atoms with Crippen molar-refractivity contribution in [3.8, 4) is 22.4 Å². The standard InChI is InChI=1S/C32H26ClN3O4/c1-19-7-6-16-36-28(29(35-30(19)36)20-12-14-21(33)15-13-20)17-27(31(37)38)34-32(39)40-18-26-24-10-4-2-8-22(24)23-9-3-5-11-25(23)26/h2-16,26-27H,17-18H2,1H3,(H,34,39)(H,37,38). The number of aliphatic carboxylic acids is 1. The number of imidazole rings is 1. The predicted molar refractivity (Wildman–Crippen MR) is 154 cm³/mol. The summed E-state index contributed by atoms with van der Waals surface area (Å²) in [6, 6.07) is 25.9. The lowest BCUT2D eigenvalue weighted by Crippen LogP contribution is -2.43. The molecule has 0 radical (unpaired) electrons. The molecule has 2 heterocycles. The second-order valence-corrected chi connectivity index (χ2v) is 10.3. The van der Waals surface area contributed by atoms with E-state index in [0.717, 1.165) is 33.4 Å². The van der Waals surface area contributed by atoms with Crippen LogP contribution in [-0.2, 0) is 16.0 Å². The first-order valence-electron chi connectivity index (χ1n) is 13.0. The molecule has 0 bridgehead atoms. The molecule has 0 spiro atoms. The lowest BCUT2D eigenvalue weighted by Gasteiger charge is -2.18. The third-order valence-electron chi connectivity index (χ3n) is 7.39. The SMILES string of the molecule is Cc1cccn2c(CC(NC(=O)OCC3c4ccccc4-c4ccccc43)C(=O)O)c(-c3ccc(Cl)cc3)nc12. The molecule has 3 aromatic carbocycles. The van der Waals surface area contributed by atoms with Gasteiger partial charge in [-0.25, -0.2) is 14.6 Å². The molecule has 1 atom stereocenters. The fourth-order valence-electron chi connectivity index (χ4n) is 5.46. The summed E-state index contributed by atoms with van der Waals surface area (Å²) in [6.07, 6.45) is 1.06.